The molecule has 3 heteroatoms. The zero-order valence-corrected chi connectivity index (χ0v) is 15.4. The van der Waals surface area contributed by atoms with E-state index in [4.69, 9.17) is 0 Å². The molecule has 1 aromatic heterocycles. The van der Waals surface area contributed by atoms with E-state index in [9.17, 15) is 0 Å². The number of aromatic nitrogens is 2. The number of fused-ring (bicyclic) bond motifs is 4. The molecule has 2 nitrogen and oxygen atoms in total. The SMILES string of the molecule is c1ccc2cc3cc4cc5ccccc5cc4cc3cc2c1.c1csnn1. The van der Waals surface area contributed by atoms with Gasteiger partial charge in [0.2, 0.25) is 0 Å². The Kier molecular flexibility index (Phi) is 4.00. The van der Waals surface area contributed by atoms with Crippen molar-refractivity contribution in [3.63, 3.8) is 0 Å². The molecule has 1 heterocycles. The second kappa shape index (κ2) is 6.78. The second-order valence-corrected chi connectivity index (χ2v) is 7.18. The molecule has 0 spiro atoms. The number of rotatable bonds is 0. The molecule has 0 aliphatic heterocycles. The highest BCUT2D eigenvalue weighted by atomic mass is 32.1. The van der Waals surface area contributed by atoms with Gasteiger partial charge in [0.05, 0.1) is 6.20 Å². The molecule has 0 atom stereocenters. The average Bonchev–Trinajstić information content (AvgIpc) is 3.29. The summed E-state index contributed by atoms with van der Waals surface area (Å²) in [5.41, 5.74) is 0. The summed E-state index contributed by atoms with van der Waals surface area (Å²) in [4.78, 5) is 0. The fraction of sp³-hybridized carbons (Fsp3) is 0. The van der Waals surface area contributed by atoms with Gasteiger partial charge in [0, 0.05) is 5.38 Å². The highest BCUT2D eigenvalue weighted by Crippen LogP contribution is 2.29. The Labute approximate surface area is 160 Å². The van der Waals surface area contributed by atoms with Crippen LogP contribution in [0.2, 0.25) is 0 Å². The molecule has 5 aromatic carbocycles. The molecule has 0 bridgehead atoms. The van der Waals surface area contributed by atoms with Gasteiger partial charge in [-0.3, -0.25) is 0 Å². The van der Waals surface area contributed by atoms with E-state index in [1.807, 2.05) is 5.38 Å². The smallest absolute Gasteiger partial charge is 0.0620 e. The molecule has 0 aliphatic rings. The van der Waals surface area contributed by atoms with Gasteiger partial charge in [-0.2, -0.15) is 0 Å². The summed E-state index contributed by atoms with van der Waals surface area (Å²) in [5, 5.41) is 15.7. The minimum absolute atomic E-state index is 1.30. The van der Waals surface area contributed by atoms with Crippen molar-refractivity contribution in [2.45, 2.75) is 0 Å². The summed E-state index contributed by atoms with van der Waals surface area (Å²) < 4.78 is 3.51. The summed E-state index contributed by atoms with van der Waals surface area (Å²) >= 11 is 1.35. The van der Waals surface area contributed by atoms with Crippen molar-refractivity contribution in [3.05, 3.63) is 96.5 Å². The summed E-state index contributed by atoms with van der Waals surface area (Å²) in [6.45, 7) is 0. The standard InChI is InChI=1S/C22H14.C2H2N2S/c1-2-6-16-10-20-14-22-12-18-8-4-3-7-17(18)11-21(22)13-19(20)9-15(16)5-1;1-2-5-4-3-1/h1-14H;1-2H. The first-order valence-electron chi connectivity index (χ1n) is 8.83. The molecule has 0 saturated heterocycles. The molecule has 6 aromatic rings. The Morgan fingerprint density at radius 2 is 0.852 bits per heavy atom. The molecule has 0 aliphatic carbocycles. The third kappa shape index (κ3) is 3.14. The van der Waals surface area contributed by atoms with Gasteiger partial charge in [0.15, 0.2) is 0 Å². The van der Waals surface area contributed by atoms with Crippen LogP contribution in [-0.2, 0) is 0 Å². The van der Waals surface area contributed by atoms with Gasteiger partial charge in [-0.05, 0) is 91.0 Å². The van der Waals surface area contributed by atoms with E-state index in [2.05, 4.69) is 94.5 Å². The van der Waals surface area contributed by atoms with E-state index in [-0.39, 0.29) is 0 Å². The zero-order chi connectivity index (χ0) is 18.1. The quantitative estimate of drug-likeness (QED) is 0.276. The largest absolute Gasteiger partial charge is 0.147 e. The summed E-state index contributed by atoms with van der Waals surface area (Å²) in [7, 11) is 0. The monoisotopic (exact) mass is 364 g/mol. The fourth-order valence-electron chi connectivity index (χ4n) is 3.52. The van der Waals surface area contributed by atoms with Crippen molar-refractivity contribution in [3.8, 4) is 0 Å². The fourth-order valence-corrected chi connectivity index (χ4v) is 3.79. The van der Waals surface area contributed by atoms with Crippen molar-refractivity contribution >= 4 is 54.6 Å². The summed E-state index contributed by atoms with van der Waals surface area (Å²) in [6.07, 6.45) is 1.66. The van der Waals surface area contributed by atoms with Crippen molar-refractivity contribution in [1.29, 1.82) is 0 Å². The Morgan fingerprint density at radius 3 is 1.11 bits per heavy atom. The molecule has 6 rings (SSSR count). The lowest BCUT2D eigenvalue weighted by Crippen LogP contribution is -1.80. The molecule has 0 amide bonds. The number of hydrogen-bond donors (Lipinski definition) is 0. The maximum atomic E-state index is 3.51. The van der Waals surface area contributed by atoms with Crippen molar-refractivity contribution in [2.75, 3.05) is 0 Å². The highest BCUT2D eigenvalue weighted by Gasteiger charge is 2.02. The number of benzene rings is 5. The first-order valence-corrected chi connectivity index (χ1v) is 9.67. The van der Waals surface area contributed by atoms with Crippen LogP contribution in [0.25, 0.3) is 43.1 Å². The third-order valence-electron chi connectivity index (χ3n) is 4.81. The predicted molar refractivity (Wildman–Crippen MR) is 116 cm³/mol. The number of hydrogen-bond acceptors (Lipinski definition) is 3. The molecular weight excluding hydrogens is 348 g/mol. The van der Waals surface area contributed by atoms with Crippen LogP contribution in [0.3, 0.4) is 0 Å². The van der Waals surface area contributed by atoms with Crippen LogP contribution in [0.4, 0.5) is 0 Å². The Balaban J connectivity index is 0.000000280. The Morgan fingerprint density at radius 1 is 0.481 bits per heavy atom. The summed E-state index contributed by atoms with van der Waals surface area (Å²) in [6, 6.07) is 30.9. The first kappa shape index (κ1) is 15.9. The second-order valence-electron chi connectivity index (χ2n) is 6.53. The maximum Gasteiger partial charge on any atom is 0.0620 e. The molecule has 27 heavy (non-hydrogen) atoms. The molecule has 0 saturated carbocycles. The summed E-state index contributed by atoms with van der Waals surface area (Å²) in [5.74, 6) is 0. The van der Waals surface area contributed by atoms with Crippen LogP contribution in [0.1, 0.15) is 0 Å². The van der Waals surface area contributed by atoms with Gasteiger partial charge in [0.1, 0.15) is 0 Å². The van der Waals surface area contributed by atoms with Gasteiger partial charge in [-0.25, -0.2) is 0 Å². The molecule has 0 unspecified atom stereocenters. The normalized spacial score (nSPS) is 11.0. The third-order valence-corrected chi connectivity index (χ3v) is 5.24. The zero-order valence-electron chi connectivity index (χ0n) is 14.5. The Bertz CT molecular complexity index is 1170. The molecular formula is C24H16N2S. The topological polar surface area (TPSA) is 25.8 Å². The van der Waals surface area contributed by atoms with Crippen LogP contribution < -0.4 is 0 Å². The lowest BCUT2D eigenvalue weighted by molar-refractivity contribution is 1.16. The van der Waals surface area contributed by atoms with Crippen LogP contribution in [0.5, 0.6) is 0 Å². The highest BCUT2D eigenvalue weighted by molar-refractivity contribution is 7.03. The van der Waals surface area contributed by atoms with Gasteiger partial charge < -0.3 is 0 Å². The van der Waals surface area contributed by atoms with E-state index in [0.29, 0.717) is 0 Å². The van der Waals surface area contributed by atoms with Crippen molar-refractivity contribution in [1.82, 2.24) is 9.59 Å². The number of nitrogens with zero attached hydrogens (tertiary/aromatic N) is 2. The minimum Gasteiger partial charge on any atom is -0.147 e. The molecule has 128 valence electrons. The van der Waals surface area contributed by atoms with E-state index >= 15 is 0 Å². The lowest BCUT2D eigenvalue weighted by Gasteiger charge is -2.07. The molecule has 0 fully saturated rings. The predicted octanol–water partition coefficient (Wildman–Crippen LogP) is 6.84. The molecule has 0 N–H and O–H groups in total. The maximum absolute atomic E-state index is 3.51. The van der Waals surface area contributed by atoms with Gasteiger partial charge in [-0.1, -0.05) is 53.0 Å². The van der Waals surface area contributed by atoms with Crippen LogP contribution in [0.15, 0.2) is 96.5 Å². The van der Waals surface area contributed by atoms with Gasteiger partial charge >= 0.3 is 0 Å². The van der Waals surface area contributed by atoms with Gasteiger partial charge in [-0.15, -0.1) is 5.10 Å². The van der Waals surface area contributed by atoms with Crippen LogP contribution in [0, 0.1) is 0 Å². The van der Waals surface area contributed by atoms with E-state index in [0.717, 1.165) is 0 Å². The Hall–Kier alpha value is -3.30. The van der Waals surface area contributed by atoms with Gasteiger partial charge in [0.25, 0.3) is 0 Å². The first-order chi connectivity index (χ1) is 13.4. The lowest BCUT2D eigenvalue weighted by atomic mass is 9.97. The average molecular weight is 364 g/mol. The van der Waals surface area contributed by atoms with Crippen molar-refractivity contribution in [2.24, 2.45) is 0 Å². The minimum atomic E-state index is 1.30. The van der Waals surface area contributed by atoms with E-state index in [1.54, 1.807) is 6.20 Å². The van der Waals surface area contributed by atoms with Crippen LogP contribution in [-0.4, -0.2) is 9.59 Å². The van der Waals surface area contributed by atoms with E-state index in [1.165, 1.54) is 54.6 Å². The van der Waals surface area contributed by atoms with Crippen molar-refractivity contribution < 1.29 is 0 Å². The van der Waals surface area contributed by atoms with E-state index < -0.39 is 0 Å². The van der Waals surface area contributed by atoms with Crippen LogP contribution >= 0.6 is 11.5 Å². The molecule has 0 radical (unpaired) electrons.